The number of carbonyl (C=O) groups excluding carboxylic acids is 2. The fraction of sp³-hybridized carbons (Fsp3) is 0.231. The van der Waals surface area contributed by atoms with Gasteiger partial charge in [0.1, 0.15) is 5.75 Å². The Hall–Kier alpha value is -3.60. The topological polar surface area (TPSA) is 58.6 Å². The number of ether oxygens (including phenoxy) is 1. The number of hydrogen-bond acceptors (Lipinski definition) is 3. The molecule has 0 saturated heterocycles. The Balaban J connectivity index is 1.40. The van der Waals surface area contributed by atoms with Crippen LogP contribution in [-0.4, -0.2) is 25.0 Å². The summed E-state index contributed by atoms with van der Waals surface area (Å²) in [6, 6.07) is 20.8. The van der Waals surface area contributed by atoms with Crippen molar-refractivity contribution in [3.63, 3.8) is 0 Å². The van der Waals surface area contributed by atoms with Crippen LogP contribution in [0.3, 0.4) is 0 Å². The molecule has 1 heterocycles. The highest BCUT2D eigenvalue weighted by Crippen LogP contribution is 2.30. The minimum absolute atomic E-state index is 0.0234. The van der Waals surface area contributed by atoms with E-state index in [1.165, 1.54) is 0 Å². The molecular formula is C26H26N2O3. The summed E-state index contributed by atoms with van der Waals surface area (Å²) >= 11 is 0. The molecule has 0 unspecified atom stereocenters. The van der Waals surface area contributed by atoms with Gasteiger partial charge >= 0.3 is 0 Å². The Morgan fingerprint density at radius 1 is 0.968 bits per heavy atom. The summed E-state index contributed by atoms with van der Waals surface area (Å²) in [5, 5.41) is 2.96. The Morgan fingerprint density at radius 3 is 2.39 bits per heavy atom. The molecule has 158 valence electrons. The largest absolute Gasteiger partial charge is 0.494 e. The molecule has 1 aliphatic rings. The number of nitrogens with one attached hydrogen (secondary N) is 1. The van der Waals surface area contributed by atoms with Crippen molar-refractivity contribution in [2.75, 3.05) is 18.1 Å². The molecule has 5 nitrogen and oxygen atoms in total. The Morgan fingerprint density at radius 2 is 1.68 bits per heavy atom. The van der Waals surface area contributed by atoms with E-state index in [9.17, 15) is 9.59 Å². The van der Waals surface area contributed by atoms with Crippen LogP contribution in [0.2, 0.25) is 0 Å². The number of hydrogen-bond donors (Lipinski definition) is 1. The first kappa shape index (κ1) is 20.7. The summed E-state index contributed by atoms with van der Waals surface area (Å²) in [5.41, 5.74) is 5.53. The SMILES string of the molecule is CCOc1ccc(C(=O)NCc2ccc3c(c2)CCN3C(=O)c2ccc(C)cc2)cc1. The number of fused-ring (bicyclic) bond motifs is 1. The van der Waals surface area contributed by atoms with Gasteiger partial charge in [-0.25, -0.2) is 0 Å². The maximum absolute atomic E-state index is 12.9. The van der Waals surface area contributed by atoms with Crippen LogP contribution in [0.15, 0.2) is 66.7 Å². The quantitative estimate of drug-likeness (QED) is 0.645. The van der Waals surface area contributed by atoms with Crippen LogP contribution in [-0.2, 0) is 13.0 Å². The van der Waals surface area contributed by atoms with Crippen molar-refractivity contribution in [1.29, 1.82) is 0 Å². The number of anilines is 1. The second-order valence-electron chi connectivity index (χ2n) is 7.68. The Kier molecular flexibility index (Phi) is 6.03. The molecule has 0 fully saturated rings. The molecule has 2 amide bonds. The fourth-order valence-electron chi connectivity index (χ4n) is 3.78. The van der Waals surface area contributed by atoms with Gasteiger partial charge < -0.3 is 15.0 Å². The Bertz CT molecular complexity index is 1090. The molecule has 31 heavy (non-hydrogen) atoms. The van der Waals surface area contributed by atoms with Gasteiger partial charge in [-0.15, -0.1) is 0 Å². The van der Waals surface area contributed by atoms with Crippen LogP contribution < -0.4 is 15.0 Å². The summed E-state index contributed by atoms with van der Waals surface area (Å²) in [4.78, 5) is 27.2. The van der Waals surface area contributed by atoms with Crippen molar-refractivity contribution < 1.29 is 14.3 Å². The summed E-state index contributed by atoms with van der Waals surface area (Å²) in [6.45, 7) is 5.64. The number of rotatable bonds is 6. The van der Waals surface area contributed by atoms with E-state index in [1.807, 2.05) is 55.1 Å². The number of carbonyl (C=O) groups is 2. The second-order valence-corrected chi connectivity index (χ2v) is 7.68. The van der Waals surface area contributed by atoms with Gasteiger partial charge in [-0.3, -0.25) is 9.59 Å². The zero-order valence-electron chi connectivity index (χ0n) is 17.9. The predicted octanol–water partition coefficient (Wildman–Crippen LogP) is 4.53. The first-order valence-electron chi connectivity index (χ1n) is 10.6. The van der Waals surface area contributed by atoms with Gasteiger partial charge in [-0.2, -0.15) is 0 Å². The molecule has 0 aliphatic carbocycles. The highest BCUT2D eigenvalue weighted by molar-refractivity contribution is 6.07. The van der Waals surface area contributed by atoms with E-state index in [-0.39, 0.29) is 11.8 Å². The smallest absolute Gasteiger partial charge is 0.258 e. The second kappa shape index (κ2) is 9.04. The lowest BCUT2D eigenvalue weighted by molar-refractivity contribution is 0.0949. The molecule has 4 rings (SSSR count). The van der Waals surface area contributed by atoms with E-state index in [2.05, 4.69) is 11.4 Å². The molecule has 0 bridgehead atoms. The maximum Gasteiger partial charge on any atom is 0.258 e. The summed E-state index contributed by atoms with van der Waals surface area (Å²) in [7, 11) is 0. The van der Waals surface area contributed by atoms with E-state index < -0.39 is 0 Å². The standard InChI is InChI=1S/C26H26N2O3/c1-3-31-23-11-9-20(10-12-23)25(29)27-17-19-6-13-24-22(16-19)14-15-28(24)26(30)21-7-4-18(2)5-8-21/h4-13,16H,3,14-15,17H2,1-2H3,(H,27,29). The molecular weight excluding hydrogens is 388 g/mol. The van der Waals surface area contributed by atoms with Crippen molar-refractivity contribution in [2.24, 2.45) is 0 Å². The summed E-state index contributed by atoms with van der Waals surface area (Å²) in [5.74, 6) is 0.650. The van der Waals surface area contributed by atoms with Gasteiger partial charge in [-0.05, 0) is 73.9 Å². The molecule has 0 spiro atoms. The van der Waals surface area contributed by atoms with E-state index in [1.54, 1.807) is 24.3 Å². The molecule has 0 radical (unpaired) electrons. The monoisotopic (exact) mass is 414 g/mol. The van der Waals surface area contributed by atoms with E-state index in [4.69, 9.17) is 4.74 Å². The third-order valence-electron chi connectivity index (χ3n) is 5.46. The molecule has 1 N–H and O–H groups in total. The van der Waals surface area contributed by atoms with Gasteiger partial charge in [0.25, 0.3) is 11.8 Å². The van der Waals surface area contributed by atoms with Gasteiger partial charge in [0, 0.05) is 29.9 Å². The van der Waals surface area contributed by atoms with Crippen LogP contribution in [0.25, 0.3) is 0 Å². The van der Waals surface area contributed by atoms with E-state index in [0.29, 0.717) is 30.8 Å². The van der Waals surface area contributed by atoms with Crippen LogP contribution in [0, 0.1) is 6.92 Å². The van der Waals surface area contributed by atoms with Crippen LogP contribution in [0.1, 0.15) is 44.3 Å². The minimum atomic E-state index is -0.125. The lowest BCUT2D eigenvalue weighted by atomic mass is 10.1. The zero-order valence-corrected chi connectivity index (χ0v) is 17.9. The third-order valence-corrected chi connectivity index (χ3v) is 5.46. The fourth-order valence-corrected chi connectivity index (χ4v) is 3.78. The molecule has 0 aromatic heterocycles. The molecule has 0 atom stereocenters. The third kappa shape index (κ3) is 4.61. The van der Waals surface area contributed by atoms with E-state index in [0.717, 1.165) is 34.5 Å². The first-order valence-corrected chi connectivity index (χ1v) is 10.6. The Labute approximate surface area is 182 Å². The van der Waals surface area contributed by atoms with Crippen molar-refractivity contribution in [2.45, 2.75) is 26.8 Å². The number of aryl methyl sites for hydroxylation is 1. The maximum atomic E-state index is 12.9. The molecule has 3 aromatic rings. The highest BCUT2D eigenvalue weighted by atomic mass is 16.5. The highest BCUT2D eigenvalue weighted by Gasteiger charge is 2.25. The molecule has 0 saturated carbocycles. The van der Waals surface area contributed by atoms with Gasteiger partial charge in [-0.1, -0.05) is 29.8 Å². The number of amides is 2. The number of nitrogens with zero attached hydrogens (tertiary/aromatic N) is 1. The summed E-state index contributed by atoms with van der Waals surface area (Å²) < 4.78 is 5.41. The summed E-state index contributed by atoms with van der Waals surface area (Å²) in [6.07, 6.45) is 0.813. The zero-order chi connectivity index (χ0) is 21.8. The van der Waals surface area contributed by atoms with E-state index >= 15 is 0 Å². The average Bonchev–Trinajstić information content (AvgIpc) is 3.21. The first-order chi connectivity index (χ1) is 15.0. The van der Waals surface area contributed by atoms with Crippen LogP contribution in [0.5, 0.6) is 5.75 Å². The van der Waals surface area contributed by atoms with Crippen LogP contribution in [0.4, 0.5) is 5.69 Å². The molecule has 5 heteroatoms. The van der Waals surface area contributed by atoms with Crippen LogP contribution >= 0.6 is 0 Å². The number of benzene rings is 3. The van der Waals surface area contributed by atoms with Gasteiger partial charge in [0.05, 0.1) is 6.61 Å². The lowest BCUT2D eigenvalue weighted by Crippen LogP contribution is -2.28. The van der Waals surface area contributed by atoms with Crippen molar-refractivity contribution in [1.82, 2.24) is 5.32 Å². The molecule has 3 aromatic carbocycles. The van der Waals surface area contributed by atoms with Crippen molar-refractivity contribution in [3.8, 4) is 5.75 Å². The normalized spacial score (nSPS) is 12.4. The minimum Gasteiger partial charge on any atom is -0.494 e. The average molecular weight is 415 g/mol. The molecule has 1 aliphatic heterocycles. The lowest BCUT2D eigenvalue weighted by Gasteiger charge is -2.18. The van der Waals surface area contributed by atoms with Gasteiger partial charge in [0.15, 0.2) is 0 Å². The van der Waals surface area contributed by atoms with Gasteiger partial charge in [0.2, 0.25) is 0 Å². The van der Waals surface area contributed by atoms with Crippen molar-refractivity contribution >= 4 is 17.5 Å². The van der Waals surface area contributed by atoms with Crippen molar-refractivity contribution in [3.05, 3.63) is 94.5 Å². The predicted molar refractivity (Wildman–Crippen MR) is 122 cm³/mol.